The lowest BCUT2D eigenvalue weighted by Crippen LogP contribution is -2.27. The first kappa shape index (κ1) is 28.8. The maximum atomic E-state index is 13.9. The molecular weight excluding hydrogens is 518 g/mol. The molecule has 39 heavy (non-hydrogen) atoms. The van der Waals surface area contributed by atoms with Crippen LogP contribution < -0.4 is 4.74 Å². The van der Waals surface area contributed by atoms with Crippen LogP contribution in [0.25, 0.3) is 33.1 Å². The Hall–Kier alpha value is -3.25. The summed E-state index contributed by atoms with van der Waals surface area (Å²) < 4.78 is 70.9. The topological polar surface area (TPSA) is 78.4 Å². The van der Waals surface area contributed by atoms with Crippen LogP contribution in [0.3, 0.4) is 0 Å². The minimum Gasteiger partial charge on any atom is -0.496 e. The maximum Gasteiger partial charge on any atom is 0.345 e. The summed E-state index contributed by atoms with van der Waals surface area (Å²) in [4.78, 5) is 10.9. The number of aromatic nitrogens is 4. The molecule has 1 aliphatic rings. The predicted molar refractivity (Wildman–Crippen MR) is 139 cm³/mol. The van der Waals surface area contributed by atoms with Crippen molar-refractivity contribution in [2.75, 3.05) is 26.8 Å². The van der Waals surface area contributed by atoms with Crippen molar-refractivity contribution in [1.29, 1.82) is 0 Å². The number of nitrogens with zero attached hydrogens (tertiary/aromatic N) is 5. The largest absolute Gasteiger partial charge is 0.496 e. The van der Waals surface area contributed by atoms with E-state index in [2.05, 4.69) is 19.9 Å². The molecule has 0 N–H and O–H groups in total. The Morgan fingerprint density at radius 2 is 1.90 bits per heavy atom. The number of methoxy groups -OCH3 is 1. The quantitative estimate of drug-likeness (QED) is 0.230. The maximum absolute atomic E-state index is 13.9. The number of halogens is 4. The van der Waals surface area contributed by atoms with Gasteiger partial charge in [0.05, 0.1) is 61.3 Å². The Morgan fingerprint density at radius 3 is 2.49 bits per heavy atom. The fourth-order valence-electron chi connectivity index (χ4n) is 5.10. The average molecular weight is 552 g/mol. The second-order valence-electron chi connectivity index (χ2n) is 9.42. The lowest BCUT2D eigenvalue weighted by Gasteiger charge is -2.21. The molecule has 1 atom stereocenters. The Morgan fingerprint density at radius 1 is 1.15 bits per heavy atom. The standard InChI is InChI=1S/C25H27F4N5O3.C2H6/c1-13(11-36-24(26)27)34-21(10-33-6-5-25(28,29)12-33)31-19-9-30-18-7-17(22-14(2)32-37-15(22)3)20(35-4)8-16(18)23(19)34;1-2/h7-9,13,24H,5-6,10-12H2,1-4H3;1-2H3. The molecule has 4 aromatic rings. The van der Waals surface area contributed by atoms with Crippen LogP contribution in [0, 0.1) is 13.8 Å². The number of benzene rings is 1. The normalized spacial score (nSPS) is 16.2. The Bertz CT molecular complexity index is 1430. The van der Waals surface area contributed by atoms with Gasteiger partial charge in [0.15, 0.2) is 0 Å². The highest BCUT2D eigenvalue weighted by molar-refractivity contribution is 6.05. The second kappa shape index (κ2) is 11.5. The zero-order valence-electron chi connectivity index (χ0n) is 22.9. The van der Waals surface area contributed by atoms with E-state index in [1.54, 1.807) is 29.7 Å². The molecule has 3 aromatic heterocycles. The molecule has 1 aliphatic heterocycles. The van der Waals surface area contributed by atoms with E-state index in [-0.39, 0.29) is 32.7 Å². The van der Waals surface area contributed by atoms with Crippen molar-refractivity contribution in [2.24, 2.45) is 0 Å². The van der Waals surface area contributed by atoms with Crippen LogP contribution in [-0.2, 0) is 11.3 Å². The highest BCUT2D eigenvalue weighted by Crippen LogP contribution is 2.40. The molecule has 8 nitrogen and oxygen atoms in total. The summed E-state index contributed by atoms with van der Waals surface area (Å²) in [6.45, 7) is 6.12. The first-order valence-corrected chi connectivity index (χ1v) is 12.9. The van der Waals surface area contributed by atoms with Gasteiger partial charge in [-0.2, -0.15) is 8.78 Å². The Balaban J connectivity index is 0.00000172. The fraction of sp³-hybridized carbons (Fsp3) is 0.519. The molecule has 0 saturated carbocycles. The van der Waals surface area contributed by atoms with E-state index >= 15 is 0 Å². The lowest BCUT2D eigenvalue weighted by molar-refractivity contribution is -0.135. The number of fused-ring (bicyclic) bond motifs is 3. The molecule has 212 valence electrons. The Kier molecular flexibility index (Phi) is 8.45. The minimum atomic E-state index is -2.94. The first-order chi connectivity index (χ1) is 18.6. The molecule has 1 saturated heterocycles. The van der Waals surface area contributed by atoms with E-state index in [1.165, 1.54) is 0 Å². The van der Waals surface area contributed by atoms with Crippen LogP contribution in [0.2, 0.25) is 0 Å². The summed E-state index contributed by atoms with van der Waals surface area (Å²) in [5.41, 5.74) is 4.01. The molecule has 1 unspecified atom stereocenters. The van der Waals surface area contributed by atoms with Crippen LogP contribution in [0.4, 0.5) is 17.6 Å². The smallest absolute Gasteiger partial charge is 0.345 e. The number of hydrogen-bond acceptors (Lipinski definition) is 7. The predicted octanol–water partition coefficient (Wildman–Crippen LogP) is 6.53. The van der Waals surface area contributed by atoms with E-state index in [0.717, 1.165) is 11.1 Å². The molecule has 0 aliphatic carbocycles. The van der Waals surface area contributed by atoms with E-state index in [9.17, 15) is 17.6 Å². The lowest BCUT2D eigenvalue weighted by atomic mass is 10.0. The summed E-state index contributed by atoms with van der Waals surface area (Å²) in [5, 5.41) is 4.71. The van der Waals surface area contributed by atoms with E-state index in [0.29, 0.717) is 45.0 Å². The second-order valence-corrected chi connectivity index (χ2v) is 9.42. The van der Waals surface area contributed by atoms with Crippen molar-refractivity contribution < 1.29 is 31.6 Å². The third kappa shape index (κ3) is 5.72. The number of imidazole rings is 1. The monoisotopic (exact) mass is 551 g/mol. The highest BCUT2D eigenvalue weighted by atomic mass is 19.3. The Labute approximate surface area is 223 Å². The van der Waals surface area contributed by atoms with Crippen molar-refractivity contribution in [3.63, 3.8) is 0 Å². The van der Waals surface area contributed by atoms with Crippen LogP contribution in [0.1, 0.15) is 50.5 Å². The van der Waals surface area contributed by atoms with Gasteiger partial charge in [0.1, 0.15) is 22.9 Å². The van der Waals surface area contributed by atoms with Crippen LogP contribution in [0.15, 0.2) is 22.9 Å². The summed E-state index contributed by atoms with van der Waals surface area (Å²) in [7, 11) is 1.55. The van der Waals surface area contributed by atoms with Gasteiger partial charge in [0, 0.05) is 23.9 Å². The number of alkyl halides is 4. The van der Waals surface area contributed by atoms with Gasteiger partial charge in [0.25, 0.3) is 5.92 Å². The highest BCUT2D eigenvalue weighted by Gasteiger charge is 2.38. The summed E-state index contributed by atoms with van der Waals surface area (Å²) in [6, 6.07) is 3.12. The molecular formula is C27H33F4N5O3. The van der Waals surface area contributed by atoms with E-state index < -0.39 is 18.6 Å². The van der Waals surface area contributed by atoms with Gasteiger partial charge in [-0.3, -0.25) is 9.88 Å². The van der Waals surface area contributed by atoms with Gasteiger partial charge in [-0.15, -0.1) is 0 Å². The van der Waals surface area contributed by atoms with Gasteiger partial charge in [-0.05, 0) is 32.9 Å². The number of pyridine rings is 1. The van der Waals surface area contributed by atoms with Crippen LogP contribution in [0.5, 0.6) is 5.75 Å². The molecule has 12 heteroatoms. The van der Waals surface area contributed by atoms with Gasteiger partial charge in [-0.25, -0.2) is 13.8 Å². The molecule has 0 spiro atoms. The summed E-state index contributed by atoms with van der Waals surface area (Å²) in [5.74, 6) is -1.12. The van der Waals surface area contributed by atoms with Crippen LogP contribution in [-0.4, -0.2) is 63.9 Å². The average Bonchev–Trinajstić information content (AvgIpc) is 3.56. The number of likely N-dealkylation sites (tertiary alicyclic amines) is 1. The SMILES string of the molecule is CC.COc1cc2c(cc1-c1c(C)noc1C)ncc1nc(CN3CCC(F)(F)C3)n(C(C)COC(F)F)c12. The molecule has 4 heterocycles. The minimum absolute atomic E-state index is 0.138. The van der Waals surface area contributed by atoms with Crippen molar-refractivity contribution in [3.8, 4) is 16.9 Å². The number of rotatable bonds is 8. The molecule has 0 bridgehead atoms. The van der Waals surface area contributed by atoms with Crippen LogP contribution >= 0.6 is 0 Å². The van der Waals surface area contributed by atoms with Crippen molar-refractivity contribution >= 4 is 21.9 Å². The molecule has 1 aromatic carbocycles. The summed E-state index contributed by atoms with van der Waals surface area (Å²) >= 11 is 0. The molecule has 0 radical (unpaired) electrons. The number of aryl methyl sites for hydroxylation is 2. The summed E-state index contributed by atoms with van der Waals surface area (Å²) in [6.07, 6.45) is 1.37. The van der Waals surface area contributed by atoms with Gasteiger partial charge >= 0.3 is 6.61 Å². The number of ether oxygens (including phenoxy) is 2. The third-order valence-electron chi connectivity index (χ3n) is 6.73. The van der Waals surface area contributed by atoms with Crippen molar-refractivity contribution in [2.45, 2.75) is 66.2 Å². The molecule has 0 amide bonds. The molecule has 1 fully saturated rings. The fourth-order valence-corrected chi connectivity index (χ4v) is 5.10. The van der Waals surface area contributed by atoms with Crippen molar-refractivity contribution in [1.82, 2.24) is 24.6 Å². The van der Waals surface area contributed by atoms with Gasteiger partial charge in [0.2, 0.25) is 0 Å². The van der Waals surface area contributed by atoms with Gasteiger partial charge in [-0.1, -0.05) is 19.0 Å². The first-order valence-electron chi connectivity index (χ1n) is 12.9. The zero-order chi connectivity index (χ0) is 28.5. The van der Waals surface area contributed by atoms with Gasteiger partial charge < -0.3 is 18.6 Å². The zero-order valence-corrected chi connectivity index (χ0v) is 22.9. The third-order valence-corrected chi connectivity index (χ3v) is 6.73. The van der Waals surface area contributed by atoms with E-state index in [4.69, 9.17) is 9.26 Å². The van der Waals surface area contributed by atoms with Crippen molar-refractivity contribution in [3.05, 3.63) is 35.6 Å². The van der Waals surface area contributed by atoms with E-state index in [1.807, 2.05) is 39.8 Å². The molecule has 5 rings (SSSR count). The number of hydrogen-bond donors (Lipinski definition) is 0.